The molecule has 0 aliphatic carbocycles. The third-order valence-electron chi connectivity index (χ3n) is 5.88. The molecule has 0 rings (SSSR count). The molecule has 0 N–H and O–H groups in total. The van der Waals surface area contributed by atoms with Gasteiger partial charge in [0, 0.05) is 0 Å². The van der Waals surface area contributed by atoms with E-state index in [9.17, 15) is 158 Å². The van der Waals surface area contributed by atoms with Crippen molar-refractivity contribution in [2.24, 2.45) is 0 Å². The van der Waals surface area contributed by atoms with Gasteiger partial charge in [0.05, 0.1) is 0 Å². The molecule has 0 atom stereocenters. The van der Waals surface area contributed by atoms with Gasteiger partial charge in [0.25, 0.3) is 0 Å². The summed E-state index contributed by atoms with van der Waals surface area (Å²) in [6, 6.07) is 0. The van der Waals surface area contributed by atoms with Crippen molar-refractivity contribution in [2.75, 3.05) is 0 Å². The zero-order chi connectivity index (χ0) is 45.9. The van der Waals surface area contributed by atoms with Crippen LogP contribution in [0.1, 0.15) is 0 Å². The fraction of sp³-hybridized carbons (Fsp3) is 1.00. The van der Waals surface area contributed by atoms with Gasteiger partial charge < -0.3 is 0 Å². The van der Waals surface area contributed by atoms with Crippen LogP contribution < -0.4 is 0 Å². The normalized spacial score (nSPS) is 17.2. The maximum Gasteiger partial charge on any atom is 0.495 e. The van der Waals surface area contributed by atoms with Crippen molar-refractivity contribution in [3.63, 3.8) is 0 Å². The van der Waals surface area contributed by atoms with Crippen LogP contribution in [0.25, 0.3) is 0 Å². The average Bonchev–Trinajstić information content (AvgIpc) is 2.89. The highest BCUT2D eigenvalue weighted by atomic mass is 19.4. The van der Waals surface area contributed by atoms with Crippen LogP contribution in [0.5, 0.6) is 0 Å². The molecular formula is C17F36O2. The predicted molar refractivity (Wildman–Crippen MR) is 88.5 cm³/mol. The second kappa shape index (κ2) is 12.7. The van der Waals surface area contributed by atoms with Crippen LogP contribution in [-0.4, -0.2) is 102 Å². The Morgan fingerprint density at radius 1 is 0.164 bits per heavy atom. The molecule has 0 aliphatic heterocycles. The van der Waals surface area contributed by atoms with Gasteiger partial charge in [0.2, 0.25) is 0 Å². The van der Waals surface area contributed by atoms with Crippen LogP contribution in [0.4, 0.5) is 158 Å². The standard InChI is InChI=1S/C17F36O2/c18-1(19,5(26,27)9(34,35)13(42,43)44)3(22,23)7(30,31)11(38,39)15(48,49)54-17(52,53)55-16(50,51)12(40,41)8(32,33)4(24,25)2(20,21)6(28,29)10(36,37)14(45,46)47. The molecule has 55 heavy (non-hydrogen) atoms. The van der Waals surface area contributed by atoms with E-state index in [0.717, 1.165) is 0 Å². The number of ether oxygens (including phenoxy) is 2. The highest BCUT2D eigenvalue weighted by molar-refractivity contribution is 5.16. The van der Waals surface area contributed by atoms with E-state index in [1.54, 1.807) is 0 Å². The van der Waals surface area contributed by atoms with E-state index in [4.69, 9.17) is 0 Å². The van der Waals surface area contributed by atoms with Crippen LogP contribution in [0.3, 0.4) is 0 Å². The van der Waals surface area contributed by atoms with Crippen molar-refractivity contribution >= 4 is 0 Å². The Labute approximate surface area is 271 Å². The molecule has 0 saturated heterocycles. The smallest absolute Gasteiger partial charge is 0.224 e. The topological polar surface area (TPSA) is 18.5 Å². The van der Waals surface area contributed by atoms with Gasteiger partial charge in [0.1, 0.15) is 0 Å². The van der Waals surface area contributed by atoms with Gasteiger partial charge in [-0.1, -0.05) is 0 Å². The minimum absolute atomic E-state index is 0.674. The summed E-state index contributed by atoms with van der Waals surface area (Å²) in [6.07, 6.45) is -43.6. The monoisotopic (exact) mass is 920 g/mol. The average molecular weight is 920 g/mol. The molecule has 0 radical (unpaired) electrons. The minimum atomic E-state index is -9.68. The Morgan fingerprint density at radius 3 is 0.436 bits per heavy atom. The maximum absolute atomic E-state index is 13.6. The van der Waals surface area contributed by atoms with Crippen LogP contribution in [0.15, 0.2) is 0 Å². The molecule has 0 aromatic rings. The molecule has 0 bridgehead atoms. The summed E-state index contributed by atoms with van der Waals surface area (Å²) >= 11 is 0. The minimum Gasteiger partial charge on any atom is -0.224 e. The quantitative estimate of drug-likeness (QED) is 0.113. The van der Waals surface area contributed by atoms with Crippen LogP contribution in [-0.2, 0) is 9.47 Å². The Bertz CT molecular complexity index is 1270. The first-order valence-electron chi connectivity index (χ1n) is 11.1. The summed E-state index contributed by atoms with van der Waals surface area (Å²) in [5.74, 6) is -113. The molecule has 0 amide bonds. The Kier molecular flexibility index (Phi) is 12.1. The van der Waals surface area contributed by atoms with E-state index in [1.807, 2.05) is 0 Å². The van der Waals surface area contributed by atoms with E-state index >= 15 is 0 Å². The largest absolute Gasteiger partial charge is 0.495 e. The van der Waals surface area contributed by atoms with Gasteiger partial charge >= 0.3 is 102 Å². The molecule has 0 unspecified atom stereocenters. The molecule has 0 spiro atoms. The molecule has 332 valence electrons. The van der Waals surface area contributed by atoms with Gasteiger partial charge in [-0.3, -0.25) is 0 Å². The summed E-state index contributed by atoms with van der Waals surface area (Å²) in [5, 5.41) is 0. The Morgan fingerprint density at radius 2 is 0.291 bits per heavy atom. The van der Waals surface area contributed by atoms with Crippen molar-refractivity contribution in [3.05, 3.63) is 0 Å². The fourth-order valence-electron chi connectivity index (χ4n) is 2.75. The number of rotatable bonds is 16. The molecule has 0 heterocycles. The zero-order valence-corrected chi connectivity index (χ0v) is 22.9. The molecule has 0 saturated carbocycles. The maximum atomic E-state index is 13.6. The summed E-state index contributed by atoms with van der Waals surface area (Å²) in [4.78, 5) is 0. The zero-order valence-electron chi connectivity index (χ0n) is 22.9. The lowest BCUT2D eigenvalue weighted by molar-refractivity contribution is -0.571. The van der Waals surface area contributed by atoms with Gasteiger partial charge in [-0.05, 0) is 0 Å². The van der Waals surface area contributed by atoms with Gasteiger partial charge in [0.15, 0.2) is 0 Å². The molecule has 0 aromatic carbocycles. The SMILES string of the molecule is FC(F)(OC(F)(F)C(F)(F)C(F)(F)C(F)(F)C(F)(F)C(F)(F)C(F)(F)C(F)(F)F)OC(F)(F)C(F)(F)C(F)(F)C(F)(F)C(F)(F)C(F)(F)C(F)(F)C(F)(F)F. The summed E-state index contributed by atoms with van der Waals surface area (Å²) < 4.78 is 473. The van der Waals surface area contributed by atoms with E-state index in [1.165, 1.54) is 0 Å². The molecule has 2 nitrogen and oxygen atoms in total. The number of hydrogen-bond donors (Lipinski definition) is 0. The van der Waals surface area contributed by atoms with Crippen LogP contribution >= 0.6 is 0 Å². The number of alkyl halides is 36. The van der Waals surface area contributed by atoms with Crippen LogP contribution in [0, 0.1) is 0 Å². The first-order chi connectivity index (χ1) is 22.9. The number of halogens is 36. The van der Waals surface area contributed by atoms with Crippen LogP contribution in [0.2, 0.25) is 0 Å². The van der Waals surface area contributed by atoms with Crippen molar-refractivity contribution in [1.29, 1.82) is 0 Å². The van der Waals surface area contributed by atoms with E-state index < -0.39 is 102 Å². The van der Waals surface area contributed by atoms with Gasteiger partial charge in [-0.25, -0.2) is 9.47 Å². The van der Waals surface area contributed by atoms with Crippen molar-refractivity contribution in [1.82, 2.24) is 0 Å². The van der Waals surface area contributed by atoms with Crippen molar-refractivity contribution in [3.8, 4) is 0 Å². The second-order valence-electron chi connectivity index (χ2n) is 9.59. The lowest BCUT2D eigenvalue weighted by Crippen LogP contribution is -2.75. The number of hydrogen-bond acceptors (Lipinski definition) is 2. The first kappa shape index (κ1) is 52.4. The second-order valence-corrected chi connectivity index (χ2v) is 9.59. The Balaban J connectivity index is 7.15. The lowest BCUT2D eigenvalue weighted by atomic mass is 9.90. The highest BCUT2D eigenvalue weighted by Gasteiger charge is 2.98. The third kappa shape index (κ3) is 6.84. The highest BCUT2D eigenvalue weighted by Crippen LogP contribution is 2.66. The summed E-state index contributed by atoms with van der Waals surface area (Å²) in [7, 11) is 0. The van der Waals surface area contributed by atoms with Crippen molar-refractivity contribution < 1.29 is 168 Å². The molecule has 0 aromatic heterocycles. The molecule has 38 heteroatoms. The van der Waals surface area contributed by atoms with E-state index in [0.29, 0.717) is 9.47 Å². The van der Waals surface area contributed by atoms with Crippen molar-refractivity contribution in [2.45, 2.75) is 102 Å². The van der Waals surface area contributed by atoms with Gasteiger partial charge in [-0.2, -0.15) is 149 Å². The summed E-state index contributed by atoms with van der Waals surface area (Å²) in [6.45, 7) is 0. The van der Waals surface area contributed by atoms with Gasteiger partial charge in [-0.15, -0.1) is 8.78 Å². The lowest BCUT2D eigenvalue weighted by Gasteiger charge is -2.43. The third-order valence-corrected chi connectivity index (χ3v) is 5.88. The fourth-order valence-corrected chi connectivity index (χ4v) is 2.75. The van der Waals surface area contributed by atoms with E-state index in [2.05, 4.69) is 0 Å². The molecule has 0 fully saturated rings. The first-order valence-corrected chi connectivity index (χ1v) is 11.1. The van der Waals surface area contributed by atoms with E-state index in [-0.39, 0.29) is 0 Å². The molecule has 0 aliphatic rings. The Hall–Kier alpha value is -2.60. The molecular weight excluding hydrogens is 920 g/mol. The summed E-state index contributed by atoms with van der Waals surface area (Å²) in [5.41, 5.74) is 0. The predicted octanol–water partition coefficient (Wildman–Crippen LogP) is 11.5.